The maximum atomic E-state index is 10.4. The van der Waals surface area contributed by atoms with Gasteiger partial charge in [0.15, 0.2) is 5.84 Å². The van der Waals surface area contributed by atoms with E-state index in [1.807, 2.05) is 13.8 Å². The molecular weight excluding hydrogens is 208 g/mol. The van der Waals surface area contributed by atoms with E-state index in [0.29, 0.717) is 11.1 Å². The first kappa shape index (κ1) is 14.0. The van der Waals surface area contributed by atoms with Crippen LogP contribution in [0.25, 0.3) is 0 Å². The van der Waals surface area contributed by atoms with Gasteiger partial charge in [0, 0.05) is 5.56 Å². The normalized spacial score (nSPS) is 10.2. The van der Waals surface area contributed by atoms with E-state index in [1.165, 1.54) is 0 Å². The Morgan fingerprint density at radius 1 is 1.31 bits per heavy atom. The number of carboxylic acids is 1. The predicted molar refractivity (Wildman–Crippen MR) is 61.6 cm³/mol. The summed E-state index contributed by atoms with van der Waals surface area (Å²) in [5.74, 6) is -0.881. The second-order valence-corrected chi connectivity index (χ2v) is 2.75. The molecule has 0 aliphatic carbocycles. The van der Waals surface area contributed by atoms with Gasteiger partial charge in [-0.25, -0.2) is 0 Å². The number of hydrogen-bond acceptors (Lipinski definition) is 3. The average Bonchev–Trinajstić information content (AvgIpc) is 2.31. The lowest BCUT2D eigenvalue weighted by atomic mass is 10.1. The van der Waals surface area contributed by atoms with E-state index in [9.17, 15) is 4.79 Å². The van der Waals surface area contributed by atoms with Crippen LogP contribution in [0.5, 0.6) is 0 Å². The third kappa shape index (κ3) is 4.45. The van der Waals surface area contributed by atoms with Crippen molar-refractivity contribution in [3.8, 4) is 0 Å². The van der Waals surface area contributed by atoms with Gasteiger partial charge in [0.1, 0.15) is 0 Å². The zero-order valence-corrected chi connectivity index (χ0v) is 9.34. The minimum absolute atomic E-state index is 0.00637. The molecule has 5 nitrogen and oxygen atoms in total. The number of rotatable bonds is 3. The van der Waals surface area contributed by atoms with Crippen LogP contribution < -0.4 is 5.73 Å². The van der Waals surface area contributed by atoms with Gasteiger partial charge in [0.05, 0.1) is 6.42 Å². The van der Waals surface area contributed by atoms with Crippen LogP contribution in [0.3, 0.4) is 0 Å². The molecule has 5 heteroatoms. The fourth-order valence-electron chi connectivity index (χ4n) is 1.03. The maximum Gasteiger partial charge on any atom is 0.307 e. The molecular formula is C11H16N2O3. The number of nitrogens with two attached hydrogens (primary N) is 1. The zero-order chi connectivity index (χ0) is 12.6. The van der Waals surface area contributed by atoms with Crippen LogP contribution in [0.15, 0.2) is 29.4 Å². The molecule has 0 unspecified atom stereocenters. The van der Waals surface area contributed by atoms with Gasteiger partial charge < -0.3 is 16.0 Å². The van der Waals surface area contributed by atoms with Gasteiger partial charge >= 0.3 is 5.97 Å². The highest BCUT2D eigenvalue weighted by atomic mass is 16.4. The van der Waals surface area contributed by atoms with Crippen molar-refractivity contribution in [3.63, 3.8) is 0 Å². The summed E-state index contributed by atoms with van der Waals surface area (Å²) < 4.78 is 0. The SMILES string of the molecule is CC.N/C(=N\O)c1ccc(CC(=O)O)cc1. The Morgan fingerprint density at radius 2 is 1.81 bits per heavy atom. The largest absolute Gasteiger partial charge is 0.481 e. The van der Waals surface area contributed by atoms with Gasteiger partial charge in [-0.05, 0) is 5.56 Å². The van der Waals surface area contributed by atoms with Crippen LogP contribution in [0, 0.1) is 0 Å². The Kier molecular flexibility index (Phi) is 6.35. The summed E-state index contributed by atoms with van der Waals surface area (Å²) in [6.45, 7) is 4.00. The Bertz CT molecular complexity index is 358. The van der Waals surface area contributed by atoms with Gasteiger partial charge in [-0.2, -0.15) is 0 Å². The molecule has 0 amide bonds. The number of oxime groups is 1. The number of benzene rings is 1. The monoisotopic (exact) mass is 224 g/mol. The van der Waals surface area contributed by atoms with Crippen LogP contribution in [0.1, 0.15) is 25.0 Å². The molecule has 0 saturated heterocycles. The van der Waals surface area contributed by atoms with Crippen molar-refractivity contribution in [2.24, 2.45) is 10.9 Å². The lowest BCUT2D eigenvalue weighted by molar-refractivity contribution is -0.136. The number of carboxylic acid groups (broad SMARTS) is 1. The van der Waals surface area contributed by atoms with Crippen LogP contribution in [-0.2, 0) is 11.2 Å². The first-order valence-electron chi connectivity index (χ1n) is 4.92. The topological polar surface area (TPSA) is 95.9 Å². The number of aliphatic carboxylic acids is 1. The zero-order valence-electron chi connectivity index (χ0n) is 9.34. The molecule has 1 rings (SSSR count). The maximum absolute atomic E-state index is 10.4. The summed E-state index contributed by atoms with van der Waals surface area (Å²) in [4.78, 5) is 10.4. The molecule has 4 N–H and O–H groups in total. The minimum atomic E-state index is -0.887. The summed E-state index contributed by atoms with van der Waals surface area (Å²) in [6, 6.07) is 6.46. The highest BCUT2D eigenvalue weighted by molar-refractivity contribution is 5.97. The molecule has 16 heavy (non-hydrogen) atoms. The van der Waals surface area contributed by atoms with Crippen molar-refractivity contribution in [2.45, 2.75) is 20.3 Å². The van der Waals surface area contributed by atoms with Crippen LogP contribution in [0.4, 0.5) is 0 Å². The summed E-state index contributed by atoms with van der Waals surface area (Å²) >= 11 is 0. The summed E-state index contributed by atoms with van der Waals surface area (Å²) in [7, 11) is 0. The van der Waals surface area contributed by atoms with E-state index in [2.05, 4.69) is 5.16 Å². The van der Waals surface area contributed by atoms with Crippen molar-refractivity contribution in [1.29, 1.82) is 0 Å². The second kappa shape index (κ2) is 7.28. The fourth-order valence-corrected chi connectivity index (χ4v) is 1.03. The van der Waals surface area contributed by atoms with Crippen molar-refractivity contribution < 1.29 is 15.1 Å². The third-order valence-corrected chi connectivity index (χ3v) is 1.71. The van der Waals surface area contributed by atoms with E-state index in [0.717, 1.165) is 0 Å². The van der Waals surface area contributed by atoms with Gasteiger partial charge in [0.2, 0.25) is 0 Å². The van der Waals surface area contributed by atoms with Gasteiger partial charge in [-0.3, -0.25) is 4.79 Å². The Labute approximate surface area is 94.2 Å². The number of amidine groups is 1. The van der Waals surface area contributed by atoms with E-state index >= 15 is 0 Å². The Balaban J connectivity index is 0.00000106. The molecule has 0 aliphatic rings. The van der Waals surface area contributed by atoms with Gasteiger partial charge in [-0.1, -0.05) is 43.3 Å². The lowest BCUT2D eigenvalue weighted by Gasteiger charge is -2.00. The predicted octanol–water partition coefficient (Wildman–Crippen LogP) is 1.43. The molecule has 0 bridgehead atoms. The fraction of sp³-hybridized carbons (Fsp3) is 0.273. The van der Waals surface area contributed by atoms with E-state index in [1.54, 1.807) is 24.3 Å². The highest BCUT2D eigenvalue weighted by Crippen LogP contribution is 2.04. The van der Waals surface area contributed by atoms with Gasteiger partial charge in [-0.15, -0.1) is 0 Å². The molecule has 1 aromatic carbocycles. The molecule has 0 aliphatic heterocycles. The van der Waals surface area contributed by atoms with Crippen molar-refractivity contribution in [1.82, 2.24) is 0 Å². The molecule has 88 valence electrons. The van der Waals surface area contributed by atoms with E-state index in [4.69, 9.17) is 16.0 Å². The van der Waals surface area contributed by atoms with Crippen molar-refractivity contribution >= 4 is 11.8 Å². The molecule has 0 spiro atoms. The Morgan fingerprint density at radius 3 is 2.19 bits per heavy atom. The van der Waals surface area contributed by atoms with Crippen LogP contribution >= 0.6 is 0 Å². The van der Waals surface area contributed by atoms with Gasteiger partial charge in [0.25, 0.3) is 0 Å². The minimum Gasteiger partial charge on any atom is -0.481 e. The summed E-state index contributed by atoms with van der Waals surface area (Å²) in [5, 5.41) is 19.7. The standard InChI is InChI=1S/C9H10N2O3.C2H6/c10-9(11-14)7-3-1-6(2-4-7)5-8(12)13;1-2/h1-4,14H,5H2,(H2,10,11)(H,12,13);1-2H3. The number of carbonyl (C=O) groups is 1. The Hall–Kier alpha value is -2.04. The average molecular weight is 224 g/mol. The first-order chi connectivity index (χ1) is 7.63. The molecule has 0 atom stereocenters. The molecule has 0 heterocycles. The second-order valence-electron chi connectivity index (χ2n) is 2.75. The van der Waals surface area contributed by atoms with Crippen molar-refractivity contribution in [3.05, 3.63) is 35.4 Å². The third-order valence-electron chi connectivity index (χ3n) is 1.71. The number of nitrogens with zero attached hydrogens (tertiary/aromatic N) is 1. The number of hydrogen-bond donors (Lipinski definition) is 3. The van der Waals surface area contributed by atoms with E-state index < -0.39 is 5.97 Å². The highest BCUT2D eigenvalue weighted by Gasteiger charge is 2.02. The summed E-state index contributed by atoms with van der Waals surface area (Å²) in [6.07, 6.45) is -0.0313. The van der Waals surface area contributed by atoms with E-state index in [-0.39, 0.29) is 12.3 Å². The molecule has 0 aromatic heterocycles. The lowest BCUT2D eigenvalue weighted by Crippen LogP contribution is -2.13. The first-order valence-corrected chi connectivity index (χ1v) is 4.92. The van der Waals surface area contributed by atoms with Crippen LogP contribution in [0.2, 0.25) is 0 Å². The van der Waals surface area contributed by atoms with Crippen LogP contribution in [-0.4, -0.2) is 22.1 Å². The summed E-state index contributed by atoms with van der Waals surface area (Å²) in [5.41, 5.74) is 6.56. The molecule has 0 radical (unpaired) electrons. The molecule has 1 aromatic rings. The molecule has 0 saturated carbocycles. The molecule has 0 fully saturated rings. The van der Waals surface area contributed by atoms with Crippen molar-refractivity contribution in [2.75, 3.05) is 0 Å². The smallest absolute Gasteiger partial charge is 0.307 e. The quantitative estimate of drug-likeness (QED) is 0.313.